The number of pyridine rings is 1. The summed E-state index contributed by atoms with van der Waals surface area (Å²) in [5, 5.41) is 4.55. The molecule has 0 amide bonds. The van der Waals surface area contributed by atoms with Gasteiger partial charge in [-0.25, -0.2) is 0 Å². The molecule has 1 N–H and O–H groups in total. The van der Waals surface area contributed by atoms with Gasteiger partial charge in [-0.15, -0.1) is 0 Å². The van der Waals surface area contributed by atoms with Gasteiger partial charge in [0.25, 0.3) is 0 Å². The van der Waals surface area contributed by atoms with E-state index in [-0.39, 0.29) is 17.1 Å². The van der Waals surface area contributed by atoms with E-state index in [1.54, 1.807) is 11.1 Å². The summed E-state index contributed by atoms with van der Waals surface area (Å²) >= 11 is 5.00. The Balaban J connectivity index is 0.00000225. The molecule has 0 bridgehead atoms. The van der Waals surface area contributed by atoms with E-state index in [0.717, 1.165) is 11.4 Å². The van der Waals surface area contributed by atoms with Crippen molar-refractivity contribution in [2.45, 2.75) is 6.92 Å². The molecular formula is C10H14CuN4S+2. The van der Waals surface area contributed by atoms with Gasteiger partial charge in [0.1, 0.15) is 0 Å². The third-order valence-corrected chi connectivity index (χ3v) is 2.13. The second kappa shape index (κ2) is 7.33. The first-order valence-corrected chi connectivity index (χ1v) is 4.94. The molecule has 0 aliphatic heterocycles. The van der Waals surface area contributed by atoms with Crippen molar-refractivity contribution < 1.29 is 17.1 Å². The van der Waals surface area contributed by atoms with E-state index in [2.05, 4.69) is 15.5 Å². The monoisotopic (exact) mass is 285 g/mol. The molecule has 89 valence electrons. The molecule has 0 atom stereocenters. The molecule has 1 aromatic heterocycles. The molecular weight excluding hydrogens is 272 g/mol. The van der Waals surface area contributed by atoms with Crippen LogP contribution in [-0.2, 0) is 17.1 Å². The van der Waals surface area contributed by atoms with Gasteiger partial charge in [0, 0.05) is 19.8 Å². The second-order valence-corrected chi connectivity index (χ2v) is 3.66. The van der Waals surface area contributed by atoms with Crippen LogP contribution >= 0.6 is 12.2 Å². The zero-order valence-corrected chi connectivity index (χ0v) is 11.1. The van der Waals surface area contributed by atoms with Gasteiger partial charge in [0.2, 0.25) is 0 Å². The maximum absolute atomic E-state index is 5.00. The number of nitrogens with zero attached hydrogens (tertiary/aromatic N) is 3. The number of nitrogens with one attached hydrogen (secondary N) is 1. The minimum Gasteiger partial charge on any atom is -0.354 e. The molecule has 1 rings (SSSR count). The fourth-order valence-electron chi connectivity index (χ4n) is 0.890. The number of hydrogen-bond donors (Lipinski definition) is 1. The molecule has 0 unspecified atom stereocenters. The fraction of sp³-hybridized carbons (Fsp3) is 0.300. The maximum Gasteiger partial charge on any atom is 2.00 e. The Labute approximate surface area is 112 Å². The summed E-state index contributed by atoms with van der Waals surface area (Å²) in [4.78, 5) is 6.04. The van der Waals surface area contributed by atoms with E-state index in [4.69, 9.17) is 12.2 Å². The van der Waals surface area contributed by atoms with Crippen LogP contribution in [0, 0.1) is 6.92 Å². The van der Waals surface area contributed by atoms with Gasteiger partial charge in [-0.3, -0.25) is 10.4 Å². The average Bonchev–Trinajstić information content (AvgIpc) is 2.17. The zero-order chi connectivity index (χ0) is 11.3. The van der Waals surface area contributed by atoms with Crippen molar-refractivity contribution in [3.8, 4) is 0 Å². The molecule has 0 fully saturated rings. The molecule has 6 heteroatoms. The van der Waals surface area contributed by atoms with E-state index < -0.39 is 0 Å². The van der Waals surface area contributed by atoms with Gasteiger partial charge in [-0.2, -0.15) is 5.10 Å². The molecule has 16 heavy (non-hydrogen) atoms. The van der Waals surface area contributed by atoms with E-state index >= 15 is 0 Å². The minimum atomic E-state index is 0. The van der Waals surface area contributed by atoms with Crippen molar-refractivity contribution >= 4 is 23.5 Å². The topological polar surface area (TPSA) is 40.5 Å². The molecule has 1 aromatic rings. The number of hydrogen-bond acceptors (Lipinski definition) is 3. The van der Waals surface area contributed by atoms with Crippen molar-refractivity contribution in [1.82, 2.24) is 15.3 Å². The molecule has 1 heterocycles. The van der Waals surface area contributed by atoms with Crippen molar-refractivity contribution in [2.24, 2.45) is 5.10 Å². The molecule has 0 aliphatic carbocycles. The summed E-state index contributed by atoms with van der Waals surface area (Å²) in [6.45, 7) is 1.94. The fourth-order valence-corrected chi connectivity index (χ4v) is 0.942. The molecule has 0 saturated carbocycles. The summed E-state index contributed by atoms with van der Waals surface area (Å²) in [6.07, 6.45) is 1.64. The van der Waals surface area contributed by atoms with Crippen LogP contribution in [-0.4, -0.2) is 35.3 Å². The predicted molar refractivity (Wildman–Crippen MR) is 66.0 cm³/mol. The first-order valence-electron chi connectivity index (χ1n) is 4.53. The number of aryl methyl sites for hydroxylation is 1. The third-order valence-electron chi connectivity index (χ3n) is 1.67. The second-order valence-electron chi connectivity index (χ2n) is 3.27. The van der Waals surface area contributed by atoms with Crippen molar-refractivity contribution in [3.63, 3.8) is 0 Å². The number of thiocarbonyl (C=S) groups is 1. The number of hydrazone groups is 1. The van der Waals surface area contributed by atoms with Crippen LogP contribution in [0.25, 0.3) is 0 Å². The molecule has 0 aromatic carbocycles. The average molecular weight is 286 g/mol. The Morgan fingerprint density at radius 2 is 2.19 bits per heavy atom. The van der Waals surface area contributed by atoms with E-state index in [9.17, 15) is 0 Å². The Kier molecular flexibility index (Phi) is 6.88. The minimum absolute atomic E-state index is 0. The molecule has 1 radical (unpaired) electrons. The van der Waals surface area contributed by atoms with Crippen LogP contribution in [0.15, 0.2) is 23.3 Å². The Bertz CT molecular complexity index is 379. The largest absolute Gasteiger partial charge is 2.00 e. The summed E-state index contributed by atoms with van der Waals surface area (Å²) in [5.41, 5.74) is 4.51. The number of aromatic nitrogens is 1. The summed E-state index contributed by atoms with van der Waals surface area (Å²) in [6, 6.07) is 5.76. The van der Waals surface area contributed by atoms with Crippen molar-refractivity contribution in [2.75, 3.05) is 14.1 Å². The van der Waals surface area contributed by atoms with Gasteiger partial charge >= 0.3 is 17.1 Å². The van der Waals surface area contributed by atoms with Gasteiger partial charge < -0.3 is 4.90 Å². The van der Waals surface area contributed by atoms with Gasteiger partial charge in [-0.05, 0) is 31.3 Å². The number of rotatable bonds is 2. The Hall–Kier alpha value is -0.971. The molecule has 0 saturated heterocycles. The Morgan fingerprint density at radius 3 is 2.75 bits per heavy atom. The van der Waals surface area contributed by atoms with Gasteiger partial charge in [0.15, 0.2) is 5.11 Å². The Morgan fingerprint density at radius 1 is 1.50 bits per heavy atom. The first-order chi connectivity index (χ1) is 7.09. The molecule has 0 aliphatic rings. The van der Waals surface area contributed by atoms with Crippen LogP contribution in [0.5, 0.6) is 0 Å². The smallest absolute Gasteiger partial charge is 0.354 e. The predicted octanol–water partition coefficient (Wildman–Crippen LogP) is 1.16. The van der Waals surface area contributed by atoms with E-state index in [0.29, 0.717) is 5.11 Å². The molecule has 0 spiro atoms. The normalized spacial score (nSPS) is 9.69. The van der Waals surface area contributed by atoms with Crippen LogP contribution in [0.2, 0.25) is 0 Å². The van der Waals surface area contributed by atoms with E-state index in [1.807, 2.05) is 39.2 Å². The van der Waals surface area contributed by atoms with Crippen molar-refractivity contribution in [3.05, 3.63) is 29.6 Å². The molecule has 4 nitrogen and oxygen atoms in total. The quantitative estimate of drug-likeness (QED) is 0.383. The van der Waals surface area contributed by atoms with Gasteiger partial charge in [0.05, 0.1) is 11.9 Å². The standard InChI is InChI=1S/C10H14N4S.Cu/c1-8-5-4-6-9(12-8)7-11-13-10(15)14(2)3;/h4-7H,1-3H3,(H,13,15);/q;+2. The van der Waals surface area contributed by atoms with Crippen LogP contribution < -0.4 is 5.43 Å². The summed E-state index contributed by atoms with van der Waals surface area (Å²) in [7, 11) is 3.71. The van der Waals surface area contributed by atoms with Crippen LogP contribution in [0.3, 0.4) is 0 Å². The van der Waals surface area contributed by atoms with E-state index in [1.165, 1.54) is 0 Å². The summed E-state index contributed by atoms with van der Waals surface area (Å²) in [5.74, 6) is 0. The SMILES string of the molecule is Cc1cccc(C=NNC(=S)N(C)C)n1.[Cu+2]. The maximum atomic E-state index is 5.00. The first kappa shape index (κ1) is 15.0. The summed E-state index contributed by atoms with van der Waals surface area (Å²) < 4.78 is 0. The van der Waals surface area contributed by atoms with Gasteiger partial charge in [-0.1, -0.05) is 6.07 Å². The van der Waals surface area contributed by atoms with Crippen LogP contribution in [0.1, 0.15) is 11.4 Å². The van der Waals surface area contributed by atoms with Crippen molar-refractivity contribution in [1.29, 1.82) is 0 Å². The van der Waals surface area contributed by atoms with Crippen LogP contribution in [0.4, 0.5) is 0 Å². The third kappa shape index (κ3) is 5.21. The zero-order valence-electron chi connectivity index (χ0n) is 9.36.